The molecular weight excluding hydrogens is 402 g/mol. The van der Waals surface area contributed by atoms with Crippen LogP contribution in [0.15, 0.2) is 54.6 Å². The van der Waals surface area contributed by atoms with Crippen LogP contribution in [0.25, 0.3) is 17.0 Å². The van der Waals surface area contributed by atoms with Gasteiger partial charge in [-0.25, -0.2) is 4.79 Å². The first-order valence-electron chi connectivity index (χ1n) is 10.8. The van der Waals surface area contributed by atoms with E-state index in [0.29, 0.717) is 6.42 Å². The Morgan fingerprint density at radius 1 is 1.19 bits per heavy atom. The maximum atomic E-state index is 11.8. The molecular formula is C26H29N3O3. The normalized spacial score (nSPS) is 17.3. The van der Waals surface area contributed by atoms with Crippen molar-refractivity contribution < 1.29 is 14.3 Å². The lowest BCUT2D eigenvalue weighted by Gasteiger charge is -2.29. The number of alkyl carbamates (subject to hydrolysis) is 1. The summed E-state index contributed by atoms with van der Waals surface area (Å²) >= 11 is 0. The minimum Gasteiger partial charge on any atom is -0.445 e. The molecule has 32 heavy (non-hydrogen) atoms. The molecule has 0 aliphatic heterocycles. The predicted octanol–water partition coefficient (Wildman–Crippen LogP) is 5.59. The van der Waals surface area contributed by atoms with E-state index in [1.54, 1.807) is 7.11 Å². The second kappa shape index (κ2) is 9.01. The van der Waals surface area contributed by atoms with Crippen molar-refractivity contribution in [2.45, 2.75) is 45.4 Å². The standard InChI is InChI=1S/C26H29N3O3/c1-17(2)27-25(30)32-16-18-8-7-9-19(14-18)28-24-20-10-5-6-11-22(20)29-23-15-26(3,31-4)13-12-21(23)24/h5-14,17H,15-16H2,1-4H3,(H,27,30)(H,28,29). The van der Waals surface area contributed by atoms with Crippen molar-refractivity contribution in [1.82, 2.24) is 10.3 Å². The first-order valence-corrected chi connectivity index (χ1v) is 10.8. The molecule has 166 valence electrons. The van der Waals surface area contributed by atoms with Crippen molar-refractivity contribution in [3.05, 3.63) is 71.4 Å². The first kappa shape index (κ1) is 21.8. The molecule has 2 aromatic carbocycles. The SMILES string of the molecule is COC1(C)C=Cc2c(nc3ccccc3c2Nc2cccc(COC(=O)NC(C)C)c2)C1. The van der Waals surface area contributed by atoms with Gasteiger partial charge in [0, 0.05) is 36.2 Å². The third-order valence-electron chi connectivity index (χ3n) is 5.57. The van der Waals surface area contributed by atoms with E-state index in [2.05, 4.69) is 35.8 Å². The zero-order valence-corrected chi connectivity index (χ0v) is 18.9. The highest BCUT2D eigenvalue weighted by Crippen LogP contribution is 2.37. The Hall–Kier alpha value is -3.38. The van der Waals surface area contributed by atoms with Gasteiger partial charge in [-0.05, 0) is 44.5 Å². The third kappa shape index (κ3) is 4.75. The summed E-state index contributed by atoms with van der Waals surface area (Å²) in [7, 11) is 1.73. The topological polar surface area (TPSA) is 72.5 Å². The van der Waals surface area contributed by atoms with Gasteiger partial charge in [0.05, 0.1) is 22.5 Å². The summed E-state index contributed by atoms with van der Waals surface area (Å²) in [6.07, 6.45) is 4.47. The van der Waals surface area contributed by atoms with E-state index in [1.165, 1.54) is 0 Å². The Morgan fingerprint density at radius 3 is 2.78 bits per heavy atom. The lowest BCUT2D eigenvalue weighted by Crippen LogP contribution is -2.30. The van der Waals surface area contributed by atoms with Gasteiger partial charge in [0.25, 0.3) is 0 Å². The summed E-state index contributed by atoms with van der Waals surface area (Å²) in [5, 5.41) is 7.37. The molecule has 1 atom stereocenters. The smallest absolute Gasteiger partial charge is 0.407 e. The Bertz CT molecular complexity index is 1170. The van der Waals surface area contributed by atoms with Crippen LogP contribution in [0.3, 0.4) is 0 Å². The fourth-order valence-electron chi connectivity index (χ4n) is 3.83. The zero-order valence-electron chi connectivity index (χ0n) is 18.9. The first-order chi connectivity index (χ1) is 15.4. The van der Waals surface area contributed by atoms with Crippen LogP contribution in [0.1, 0.15) is 37.6 Å². The fourth-order valence-corrected chi connectivity index (χ4v) is 3.83. The van der Waals surface area contributed by atoms with E-state index in [4.69, 9.17) is 14.5 Å². The van der Waals surface area contributed by atoms with Gasteiger partial charge in [0.1, 0.15) is 6.61 Å². The highest BCUT2D eigenvalue weighted by Gasteiger charge is 2.28. The molecule has 1 amide bonds. The number of benzene rings is 2. The minimum absolute atomic E-state index is 0.0367. The molecule has 0 bridgehead atoms. The third-order valence-corrected chi connectivity index (χ3v) is 5.57. The molecule has 0 saturated heterocycles. The largest absolute Gasteiger partial charge is 0.445 e. The number of pyridine rings is 1. The van der Waals surface area contributed by atoms with Gasteiger partial charge in [-0.15, -0.1) is 0 Å². The van der Waals surface area contributed by atoms with Gasteiger partial charge < -0.3 is 20.1 Å². The van der Waals surface area contributed by atoms with Gasteiger partial charge in [-0.1, -0.05) is 42.5 Å². The Morgan fingerprint density at radius 2 is 2.00 bits per heavy atom. The number of hydrogen-bond acceptors (Lipinski definition) is 5. The number of methoxy groups -OCH3 is 1. The monoisotopic (exact) mass is 431 g/mol. The van der Waals surface area contributed by atoms with Crippen LogP contribution in [0.5, 0.6) is 0 Å². The molecule has 4 rings (SSSR count). The number of para-hydroxylation sites is 1. The zero-order chi connectivity index (χ0) is 22.7. The van der Waals surface area contributed by atoms with Crippen molar-refractivity contribution in [3.8, 4) is 0 Å². The number of hydrogen-bond donors (Lipinski definition) is 2. The number of nitrogens with zero attached hydrogens (tertiary/aromatic N) is 1. The van der Waals surface area contributed by atoms with Crippen LogP contribution in [0.2, 0.25) is 0 Å². The number of anilines is 2. The Labute approximate surface area is 188 Å². The number of carbonyl (C=O) groups is 1. The van der Waals surface area contributed by atoms with E-state index >= 15 is 0 Å². The van der Waals surface area contributed by atoms with Gasteiger partial charge in [-0.3, -0.25) is 4.98 Å². The van der Waals surface area contributed by atoms with E-state index < -0.39 is 6.09 Å². The van der Waals surface area contributed by atoms with Crippen LogP contribution in [-0.4, -0.2) is 29.8 Å². The lowest BCUT2D eigenvalue weighted by atomic mass is 9.88. The predicted molar refractivity (Wildman–Crippen MR) is 128 cm³/mol. The van der Waals surface area contributed by atoms with Gasteiger partial charge in [0.2, 0.25) is 0 Å². The number of amides is 1. The summed E-state index contributed by atoms with van der Waals surface area (Å²) in [6.45, 7) is 6.06. The molecule has 1 heterocycles. The van der Waals surface area contributed by atoms with E-state index in [9.17, 15) is 4.79 Å². The second-order valence-electron chi connectivity index (χ2n) is 8.59. The molecule has 6 heteroatoms. The molecule has 0 fully saturated rings. The van der Waals surface area contributed by atoms with Crippen molar-refractivity contribution in [2.75, 3.05) is 12.4 Å². The Kier molecular flexibility index (Phi) is 6.15. The van der Waals surface area contributed by atoms with E-state index in [0.717, 1.165) is 39.1 Å². The molecule has 3 aromatic rings. The lowest BCUT2D eigenvalue weighted by molar-refractivity contribution is 0.0480. The molecule has 0 spiro atoms. The molecule has 6 nitrogen and oxygen atoms in total. The fraction of sp³-hybridized carbons (Fsp3) is 0.308. The minimum atomic E-state index is -0.418. The second-order valence-corrected chi connectivity index (χ2v) is 8.59. The van der Waals surface area contributed by atoms with Crippen molar-refractivity contribution >= 4 is 34.4 Å². The molecule has 1 aliphatic rings. The van der Waals surface area contributed by atoms with Gasteiger partial charge in [-0.2, -0.15) is 0 Å². The van der Waals surface area contributed by atoms with Crippen molar-refractivity contribution in [2.24, 2.45) is 0 Å². The summed E-state index contributed by atoms with van der Waals surface area (Å²) in [4.78, 5) is 16.7. The number of nitrogens with one attached hydrogen (secondary N) is 2. The average molecular weight is 432 g/mol. The average Bonchev–Trinajstić information content (AvgIpc) is 2.77. The Balaban J connectivity index is 1.65. The summed E-state index contributed by atoms with van der Waals surface area (Å²) in [5.41, 5.74) is 5.47. The molecule has 0 radical (unpaired) electrons. The number of rotatable bonds is 6. The maximum absolute atomic E-state index is 11.8. The summed E-state index contributed by atoms with van der Waals surface area (Å²) < 4.78 is 11.0. The highest BCUT2D eigenvalue weighted by atomic mass is 16.5. The van der Waals surface area contributed by atoms with Crippen LogP contribution >= 0.6 is 0 Å². The molecule has 1 aromatic heterocycles. The van der Waals surface area contributed by atoms with Crippen LogP contribution in [-0.2, 0) is 22.5 Å². The molecule has 2 N–H and O–H groups in total. The van der Waals surface area contributed by atoms with E-state index in [1.807, 2.05) is 56.3 Å². The van der Waals surface area contributed by atoms with Crippen molar-refractivity contribution in [1.29, 1.82) is 0 Å². The van der Waals surface area contributed by atoms with Crippen molar-refractivity contribution in [3.63, 3.8) is 0 Å². The quantitative estimate of drug-likeness (QED) is 0.532. The molecule has 1 aliphatic carbocycles. The van der Waals surface area contributed by atoms with E-state index in [-0.39, 0.29) is 18.2 Å². The maximum Gasteiger partial charge on any atom is 0.407 e. The van der Waals surface area contributed by atoms with Gasteiger partial charge >= 0.3 is 6.09 Å². The number of carbonyl (C=O) groups excluding carboxylic acids is 1. The van der Waals surface area contributed by atoms with Gasteiger partial charge in [0.15, 0.2) is 0 Å². The number of ether oxygens (including phenoxy) is 2. The van der Waals surface area contributed by atoms with Crippen LogP contribution < -0.4 is 10.6 Å². The number of fused-ring (bicyclic) bond motifs is 2. The van der Waals surface area contributed by atoms with Crippen LogP contribution in [0, 0.1) is 0 Å². The summed E-state index contributed by atoms with van der Waals surface area (Å²) in [5.74, 6) is 0. The molecule has 0 saturated carbocycles. The highest BCUT2D eigenvalue weighted by molar-refractivity contribution is 5.98. The van der Waals surface area contributed by atoms with Crippen LogP contribution in [0.4, 0.5) is 16.2 Å². The number of aromatic nitrogens is 1. The molecule has 1 unspecified atom stereocenters. The summed E-state index contributed by atoms with van der Waals surface area (Å²) in [6, 6.07) is 16.1.